The molecule has 0 N–H and O–H groups in total. The van der Waals surface area contributed by atoms with Crippen LogP contribution < -0.4 is 0 Å². The Morgan fingerprint density at radius 3 is 0.856 bits per heavy atom. The van der Waals surface area contributed by atoms with Gasteiger partial charge in [-0.05, 0) is 124 Å². The van der Waals surface area contributed by atoms with Crippen molar-refractivity contribution in [1.82, 2.24) is 39.0 Å². The van der Waals surface area contributed by atoms with Gasteiger partial charge in [-0.25, -0.2) is 29.9 Å². The molecule has 0 spiro atoms. The van der Waals surface area contributed by atoms with Crippen molar-refractivity contribution in [3.8, 4) is 161 Å². The monoisotopic (exact) mass is 1320 g/mol. The minimum Gasteiger partial charge on any atom is -0.309 e. The van der Waals surface area contributed by atoms with E-state index in [9.17, 15) is 31.6 Å². The van der Waals surface area contributed by atoms with Crippen LogP contribution in [0.25, 0.3) is 168 Å². The van der Waals surface area contributed by atoms with E-state index in [1.807, 2.05) is 182 Å². The second kappa shape index (κ2) is 26.0. The fourth-order valence-electron chi connectivity index (χ4n) is 14.1. The fourth-order valence-corrected chi connectivity index (χ4v) is 14.1. The van der Waals surface area contributed by atoms with Crippen LogP contribution in [0, 0.1) is 68.0 Å². The molecule has 14 heteroatoms. The lowest BCUT2D eigenvalue weighted by Crippen LogP contribution is -2.03. The predicted octanol–water partition coefficient (Wildman–Crippen LogP) is 20.2. The summed E-state index contributed by atoms with van der Waals surface area (Å²) in [5.74, 6) is 2.82. The topological polar surface area (TPSA) is 230 Å². The maximum atomic E-state index is 10.4. The molecule has 0 aliphatic rings. The molecule has 14 nitrogen and oxygen atoms in total. The van der Waals surface area contributed by atoms with E-state index in [0.29, 0.717) is 68.3 Å². The Labute approximate surface area is 596 Å². The summed E-state index contributed by atoms with van der Waals surface area (Å²) >= 11 is 0. The maximum absolute atomic E-state index is 10.4. The first-order chi connectivity index (χ1) is 51.3. The van der Waals surface area contributed by atoms with E-state index in [0.717, 1.165) is 99.5 Å². The number of para-hydroxylation sites is 2. The van der Waals surface area contributed by atoms with E-state index < -0.39 is 0 Å². The lowest BCUT2D eigenvalue weighted by atomic mass is 9.92. The van der Waals surface area contributed by atoms with Gasteiger partial charge < -0.3 is 9.13 Å². The van der Waals surface area contributed by atoms with Gasteiger partial charge in [0.15, 0.2) is 34.9 Å². The highest BCUT2D eigenvalue weighted by atomic mass is 15.1. The van der Waals surface area contributed by atoms with Crippen LogP contribution in [0.1, 0.15) is 33.4 Å². The van der Waals surface area contributed by atoms with Crippen molar-refractivity contribution in [2.75, 3.05) is 0 Å². The summed E-state index contributed by atoms with van der Waals surface area (Å²) in [7, 11) is 0. The van der Waals surface area contributed by atoms with Gasteiger partial charge in [-0.1, -0.05) is 200 Å². The van der Waals surface area contributed by atoms with Crippen LogP contribution in [0.2, 0.25) is 0 Å². The quantitative estimate of drug-likeness (QED) is 0.111. The van der Waals surface area contributed by atoms with Gasteiger partial charge >= 0.3 is 0 Å². The first-order valence-electron chi connectivity index (χ1n) is 33.2. The minimum atomic E-state index is 0.232. The second-order valence-corrected chi connectivity index (χ2v) is 24.8. The highest BCUT2D eigenvalue weighted by Gasteiger charge is 2.25. The second-order valence-electron chi connectivity index (χ2n) is 24.8. The molecule has 17 aromatic rings. The zero-order valence-electron chi connectivity index (χ0n) is 55.0. The van der Waals surface area contributed by atoms with E-state index in [4.69, 9.17) is 29.9 Å². The summed E-state index contributed by atoms with van der Waals surface area (Å²) < 4.78 is 4.42. The Morgan fingerprint density at radius 1 is 0.212 bits per heavy atom. The number of nitrogens with zero attached hydrogens (tertiary/aromatic N) is 14. The maximum Gasteiger partial charge on any atom is 0.164 e. The van der Waals surface area contributed by atoms with Crippen LogP contribution in [0.3, 0.4) is 0 Å². The van der Waals surface area contributed by atoms with E-state index in [-0.39, 0.29) is 33.4 Å². The molecule has 104 heavy (non-hydrogen) atoms. The highest BCUT2D eigenvalue weighted by molar-refractivity contribution is 6.12. The molecular formula is C90H48N14. The Kier molecular flexibility index (Phi) is 15.5. The lowest BCUT2D eigenvalue weighted by molar-refractivity contribution is 1.07. The van der Waals surface area contributed by atoms with E-state index in [2.05, 4.69) is 130 Å². The first-order valence-corrected chi connectivity index (χ1v) is 33.2. The molecule has 0 atom stereocenters. The molecule has 17 rings (SSSR count). The lowest BCUT2D eigenvalue weighted by Gasteiger charge is -2.18. The average Bonchev–Trinajstić information content (AvgIpc) is 1.55. The number of benzene rings is 13. The van der Waals surface area contributed by atoms with Gasteiger partial charge in [-0.3, -0.25) is 0 Å². The summed E-state index contributed by atoms with van der Waals surface area (Å²) in [6, 6.07) is 108. The summed E-state index contributed by atoms with van der Waals surface area (Å²) in [5.41, 5.74) is 16.8. The Hall–Kier alpha value is -15.6. The van der Waals surface area contributed by atoms with E-state index >= 15 is 0 Å². The molecule has 0 saturated heterocycles. The third kappa shape index (κ3) is 10.9. The van der Waals surface area contributed by atoms with Crippen LogP contribution >= 0.6 is 0 Å². The molecule has 0 fully saturated rings. The van der Waals surface area contributed by atoms with Crippen LogP contribution in [0.15, 0.2) is 291 Å². The summed E-state index contributed by atoms with van der Waals surface area (Å²) in [6.45, 7) is 0. The van der Waals surface area contributed by atoms with Crippen LogP contribution in [0.4, 0.5) is 0 Å². The van der Waals surface area contributed by atoms with Crippen molar-refractivity contribution in [2.45, 2.75) is 0 Å². The number of aromatic nitrogens is 8. The fraction of sp³-hybridized carbons (Fsp3) is 0. The van der Waals surface area contributed by atoms with Gasteiger partial charge in [0.1, 0.15) is 0 Å². The molecule has 0 bridgehead atoms. The highest BCUT2D eigenvalue weighted by Crippen LogP contribution is 2.44. The van der Waals surface area contributed by atoms with Crippen molar-refractivity contribution >= 4 is 43.6 Å². The Bertz CT molecular complexity index is 6090. The molecule has 0 aliphatic heterocycles. The van der Waals surface area contributed by atoms with Gasteiger partial charge in [0, 0.05) is 77.4 Å². The predicted molar refractivity (Wildman–Crippen MR) is 405 cm³/mol. The van der Waals surface area contributed by atoms with Crippen LogP contribution in [-0.4, -0.2) is 39.0 Å². The number of hydrogen-bond acceptors (Lipinski definition) is 12. The molecule has 13 aromatic carbocycles. The number of rotatable bonds is 12. The third-order valence-corrected chi connectivity index (χ3v) is 18.8. The van der Waals surface area contributed by atoms with Gasteiger partial charge in [-0.2, -0.15) is 31.6 Å². The zero-order chi connectivity index (χ0) is 70.4. The van der Waals surface area contributed by atoms with Gasteiger partial charge in [0.25, 0.3) is 0 Å². The van der Waals surface area contributed by atoms with E-state index in [1.54, 1.807) is 0 Å². The molecule has 0 saturated carbocycles. The molecule has 0 aliphatic carbocycles. The Balaban J connectivity index is 0.890. The van der Waals surface area contributed by atoms with Gasteiger partial charge in [0.2, 0.25) is 0 Å². The molecule has 0 unspecified atom stereocenters. The number of nitriles is 6. The molecular weight excluding hydrogens is 1280 g/mol. The molecule has 478 valence electrons. The Morgan fingerprint density at radius 2 is 0.519 bits per heavy atom. The van der Waals surface area contributed by atoms with Crippen molar-refractivity contribution in [3.63, 3.8) is 0 Å². The minimum absolute atomic E-state index is 0.232. The molecule has 0 amide bonds. The van der Waals surface area contributed by atoms with Gasteiger partial charge in [0.05, 0.1) is 91.9 Å². The van der Waals surface area contributed by atoms with Crippen molar-refractivity contribution in [3.05, 3.63) is 325 Å². The SMILES string of the molecule is N#Cc1cc(C#N)c(-c2ccc3c(c2)c2ccccc2n3-c2ccc(-c3cccc(-c4ccc(-n5c6ccccc6c6cc(-c7c(C#N)cc(C#N)cc7C#N)ccc65)cc4-c4nc(-c5ccccc5)nc(-c5ccccc5)n4)c3)c(-c3nc(-c4ccccc4)nc(-c4ccccc4)n3)c2)c(C#N)c1. The third-order valence-electron chi connectivity index (χ3n) is 18.8. The molecule has 4 aromatic heterocycles. The number of fused-ring (bicyclic) bond motifs is 6. The van der Waals surface area contributed by atoms with E-state index in [1.165, 1.54) is 24.3 Å². The van der Waals surface area contributed by atoms with Crippen LogP contribution in [-0.2, 0) is 0 Å². The smallest absolute Gasteiger partial charge is 0.164 e. The largest absolute Gasteiger partial charge is 0.309 e. The zero-order valence-corrected chi connectivity index (χ0v) is 55.0. The summed E-state index contributed by atoms with van der Waals surface area (Å²) in [6.07, 6.45) is 0. The number of hydrogen-bond donors (Lipinski definition) is 0. The van der Waals surface area contributed by atoms with Crippen molar-refractivity contribution in [1.29, 1.82) is 31.6 Å². The molecule has 4 heterocycles. The summed E-state index contributed by atoms with van der Waals surface area (Å²) in [5, 5.41) is 65.0. The van der Waals surface area contributed by atoms with Crippen molar-refractivity contribution in [2.24, 2.45) is 0 Å². The van der Waals surface area contributed by atoms with Crippen LogP contribution in [0.5, 0.6) is 0 Å². The normalized spacial score (nSPS) is 11.0. The first kappa shape index (κ1) is 62.0. The average molecular weight is 1330 g/mol. The van der Waals surface area contributed by atoms with Crippen molar-refractivity contribution < 1.29 is 0 Å². The molecule has 0 radical (unpaired) electrons. The summed E-state index contributed by atoms with van der Waals surface area (Å²) in [4.78, 5) is 31.8. The standard InChI is InChI=1S/C90H48N14/c91-49-55-40-65(51-93)83(66(41-55)52-94)63-32-38-81-75(45-63)73-28-13-15-30-79(73)103(81)69-34-36-71(77(47-69)89-99-85(57-18-5-1-6-19-57)97-86(100-89)58-20-7-2-8-21-58)61-26-17-27-62(44-61)72-37-35-70(48-78(72)90-101-87(59-22-9-3-10-23-59)98-88(102-90)60-24-11-4-12-25-60)104-80-31-16-14-29-74(80)76-46-64(33-39-82(76)104)84-67(53-95)42-56(50-92)43-68(84)54-96/h1-48H. The van der Waals surface area contributed by atoms with Gasteiger partial charge in [-0.15, -0.1) is 0 Å².